The van der Waals surface area contributed by atoms with Gasteiger partial charge in [0.05, 0.1) is 26.2 Å². The highest BCUT2D eigenvalue weighted by Crippen LogP contribution is 2.32. The van der Waals surface area contributed by atoms with Crippen LogP contribution in [0.3, 0.4) is 0 Å². The van der Waals surface area contributed by atoms with Gasteiger partial charge in [-0.15, -0.1) is 0 Å². The van der Waals surface area contributed by atoms with Gasteiger partial charge < -0.3 is 19.8 Å². The highest BCUT2D eigenvalue weighted by Gasteiger charge is 2.10. The summed E-state index contributed by atoms with van der Waals surface area (Å²) in [4.78, 5) is 18.0. The van der Waals surface area contributed by atoms with Gasteiger partial charge in [0.15, 0.2) is 5.82 Å². The topological polar surface area (TPSA) is 76.2 Å². The molecule has 0 radical (unpaired) electrons. The monoisotopic (exact) mass is 325 g/mol. The van der Waals surface area contributed by atoms with Crippen LogP contribution in [0.4, 0.5) is 11.5 Å². The number of nitrogens with one attached hydrogen (secondary N) is 2. The Morgan fingerprint density at radius 1 is 1.32 bits per heavy atom. The van der Waals surface area contributed by atoms with Gasteiger partial charge in [0.25, 0.3) is 5.56 Å². The maximum atomic E-state index is 11.5. The van der Waals surface area contributed by atoms with Gasteiger partial charge in [-0.05, 0) is 28.1 Å². The number of H-pyrrole nitrogens is 1. The number of aromatic amines is 1. The molecule has 0 spiro atoms. The second kappa shape index (κ2) is 5.75. The van der Waals surface area contributed by atoms with E-state index in [-0.39, 0.29) is 5.56 Å². The third-order valence-electron chi connectivity index (χ3n) is 2.46. The van der Waals surface area contributed by atoms with Gasteiger partial charge >= 0.3 is 0 Å². The zero-order valence-electron chi connectivity index (χ0n) is 10.4. The molecule has 1 heterocycles. The minimum Gasteiger partial charge on any atom is -0.497 e. The number of hydrogen-bond acceptors (Lipinski definition) is 5. The third-order valence-corrected chi connectivity index (χ3v) is 3.19. The molecular weight excluding hydrogens is 314 g/mol. The van der Waals surface area contributed by atoms with Gasteiger partial charge in [-0.25, -0.2) is 4.98 Å². The Kier molecular flexibility index (Phi) is 4.06. The van der Waals surface area contributed by atoms with E-state index in [1.807, 2.05) is 0 Å². The first-order valence-electron chi connectivity index (χ1n) is 5.38. The number of nitrogens with zero attached hydrogens (tertiary/aromatic N) is 1. The van der Waals surface area contributed by atoms with Crippen molar-refractivity contribution in [3.05, 3.63) is 39.4 Å². The average Bonchev–Trinajstić information content (AvgIpc) is 2.43. The molecule has 0 saturated heterocycles. The van der Waals surface area contributed by atoms with Crippen LogP contribution in [0.5, 0.6) is 11.5 Å². The molecule has 1 aromatic carbocycles. The molecule has 100 valence electrons. The molecule has 2 aromatic rings. The predicted molar refractivity (Wildman–Crippen MR) is 75.4 cm³/mol. The van der Waals surface area contributed by atoms with E-state index >= 15 is 0 Å². The van der Waals surface area contributed by atoms with Crippen molar-refractivity contribution < 1.29 is 9.47 Å². The van der Waals surface area contributed by atoms with Crippen molar-refractivity contribution in [1.82, 2.24) is 9.97 Å². The van der Waals surface area contributed by atoms with E-state index in [0.29, 0.717) is 27.5 Å². The first-order chi connectivity index (χ1) is 9.15. The van der Waals surface area contributed by atoms with Crippen LogP contribution in [0.2, 0.25) is 0 Å². The minimum atomic E-state index is -0.264. The van der Waals surface area contributed by atoms with Crippen molar-refractivity contribution in [3.63, 3.8) is 0 Å². The van der Waals surface area contributed by atoms with Gasteiger partial charge in [0.2, 0.25) is 0 Å². The summed E-state index contributed by atoms with van der Waals surface area (Å²) in [5.74, 6) is 1.69. The van der Waals surface area contributed by atoms with Crippen molar-refractivity contribution in [2.45, 2.75) is 0 Å². The summed E-state index contributed by atoms with van der Waals surface area (Å²) >= 11 is 3.18. The Labute approximate surface area is 117 Å². The van der Waals surface area contributed by atoms with E-state index in [0.717, 1.165) is 0 Å². The van der Waals surface area contributed by atoms with E-state index < -0.39 is 0 Å². The SMILES string of the molecule is COc1ccc(OC)c(Nc2nc[nH]c(=O)c2Br)c1. The number of methoxy groups -OCH3 is 2. The first kappa shape index (κ1) is 13.4. The molecule has 0 amide bonds. The van der Waals surface area contributed by atoms with E-state index in [1.165, 1.54) is 6.33 Å². The van der Waals surface area contributed by atoms with Gasteiger partial charge in [-0.2, -0.15) is 0 Å². The molecule has 7 heteroatoms. The summed E-state index contributed by atoms with van der Waals surface area (Å²) in [5, 5.41) is 3.02. The lowest BCUT2D eigenvalue weighted by Crippen LogP contribution is -2.10. The zero-order chi connectivity index (χ0) is 13.8. The average molecular weight is 326 g/mol. The summed E-state index contributed by atoms with van der Waals surface area (Å²) in [5.41, 5.74) is 0.389. The Hall–Kier alpha value is -2.02. The zero-order valence-corrected chi connectivity index (χ0v) is 11.9. The van der Waals surface area contributed by atoms with Crippen LogP contribution < -0.4 is 20.3 Å². The number of rotatable bonds is 4. The molecule has 0 saturated carbocycles. The lowest BCUT2D eigenvalue weighted by atomic mass is 10.2. The van der Waals surface area contributed by atoms with Crippen LogP contribution in [0, 0.1) is 0 Å². The van der Waals surface area contributed by atoms with Crippen LogP contribution in [0.15, 0.2) is 33.8 Å². The Bertz CT molecular complexity index is 642. The lowest BCUT2D eigenvalue weighted by Gasteiger charge is -2.12. The Morgan fingerprint density at radius 3 is 2.79 bits per heavy atom. The fourth-order valence-corrected chi connectivity index (χ4v) is 1.83. The molecule has 2 rings (SSSR count). The van der Waals surface area contributed by atoms with Crippen LogP contribution in [-0.4, -0.2) is 24.2 Å². The molecule has 6 nitrogen and oxygen atoms in total. The molecule has 0 aliphatic carbocycles. The van der Waals surface area contributed by atoms with E-state index in [9.17, 15) is 4.79 Å². The minimum absolute atomic E-state index is 0.264. The number of aromatic nitrogens is 2. The molecular formula is C12H12BrN3O3. The number of ether oxygens (including phenoxy) is 2. The summed E-state index contributed by atoms with van der Waals surface area (Å²) in [6.07, 6.45) is 1.32. The molecule has 0 unspecified atom stereocenters. The Morgan fingerprint density at radius 2 is 2.11 bits per heavy atom. The summed E-state index contributed by atoms with van der Waals surface area (Å²) < 4.78 is 10.7. The quantitative estimate of drug-likeness (QED) is 0.902. The second-order valence-electron chi connectivity index (χ2n) is 3.59. The van der Waals surface area contributed by atoms with Crippen molar-refractivity contribution in [2.75, 3.05) is 19.5 Å². The van der Waals surface area contributed by atoms with Gasteiger partial charge in [0.1, 0.15) is 16.0 Å². The van der Waals surface area contributed by atoms with Gasteiger partial charge in [-0.3, -0.25) is 4.79 Å². The first-order valence-corrected chi connectivity index (χ1v) is 6.17. The number of anilines is 2. The van der Waals surface area contributed by atoms with Crippen LogP contribution in [0.1, 0.15) is 0 Å². The Balaban J connectivity index is 2.42. The smallest absolute Gasteiger partial charge is 0.267 e. The maximum absolute atomic E-state index is 11.5. The lowest BCUT2D eigenvalue weighted by molar-refractivity contribution is 0.405. The maximum Gasteiger partial charge on any atom is 0.267 e. The normalized spacial score (nSPS) is 10.1. The predicted octanol–water partition coefficient (Wildman–Crippen LogP) is 2.29. The van der Waals surface area contributed by atoms with Gasteiger partial charge in [-0.1, -0.05) is 0 Å². The van der Waals surface area contributed by atoms with E-state index in [1.54, 1.807) is 32.4 Å². The largest absolute Gasteiger partial charge is 0.497 e. The molecule has 1 aromatic heterocycles. The van der Waals surface area contributed by atoms with Crippen LogP contribution in [0.25, 0.3) is 0 Å². The van der Waals surface area contributed by atoms with Crippen LogP contribution >= 0.6 is 15.9 Å². The number of benzene rings is 1. The molecule has 0 fully saturated rings. The molecule has 0 aliphatic rings. The van der Waals surface area contributed by atoms with E-state index in [2.05, 4.69) is 31.2 Å². The third kappa shape index (κ3) is 2.87. The second-order valence-corrected chi connectivity index (χ2v) is 4.38. The van der Waals surface area contributed by atoms with Crippen molar-refractivity contribution in [3.8, 4) is 11.5 Å². The summed E-state index contributed by atoms with van der Waals surface area (Å²) in [7, 11) is 3.14. The fraction of sp³-hybridized carbons (Fsp3) is 0.167. The van der Waals surface area contributed by atoms with E-state index in [4.69, 9.17) is 9.47 Å². The molecule has 2 N–H and O–H groups in total. The fourth-order valence-electron chi connectivity index (χ4n) is 1.51. The van der Waals surface area contributed by atoms with Crippen LogP contribution in [-0.2, 0) is 0 Å². The van der Waals surface area contributed by atoms with Crippen molar-refractivity contribution in [1.29, 1.82) is 0 Å². The molecule has 0 aliphatic heterocycles. The molecule has 19 heavy (non-hydrogen) atoms. The van der Waals surface area contributed by atoms with Gasteiger partial charge in [0, 0.05) is 6.07 Å². The standard InChI is InChI=1S/C12H12BrN3O3/c1-18-7-3-4-9(19-2)8(5-7)16-11-10(13)12(17)15-6-14-11/h3-6H,1-2H3,(H2,14,15,16,17). The highest BCUT2D eigenvalue weighted by molar-refractivity contribution is 9.10. The highest BCUT2D eigenvalue weighted by atomic mass is 79.9. The number of halogens is 1. The van der Waals surface area contributed by atoms with Crippen molar-refractivity contribution >= 4 is 27.4 Å². The number of hydrogen-bond donors (Lipinski definition) is 2. The van der Waals surface area contributed by atoms with Crippen molar-refractivity contribution in [2.24, 2.45) is 0 Å². The molecule has 0 atom stereocenters. The summed E-state index contributed by atoms with van der Waals surface area (Å²) in [6.45, 7) is 0. The summed E-state index contributed by atoms with van der Waals surface area (Å²) in [6, 6.07) is 5.31. The molecule has 0 bridgehead atoms.